The number of nitrogens with zero attached hydrogens (tertiary/aromatic N) is 1. The van der Waals surface area contributed by atoms with Gasteiger partial charge in [0.2, 0.25) is 0 Å². The van der Waals surface area contributed by atoms with Gasteiger partial charge in [-0.05, 0) is 0 Å². The Hall–Kier alpha value is -1.07. The molecule has 1 N–H and O–H groups in total. The first-order chi connectivity index (χ1) is 10.3. The average Bonchev–Trinajstić information content (AvgIpc) is 2.44. The van der Waals surface area contributed by atoms with Crippen molar-refractivity contribution in [1.82, 2.24) is 4.90 Å². The topological polar surface area (TPSA) is 57.0 Å². The predicted molar refractivity (Wildman–Crippen MR) is 87.2 cm³/mol. The molecule has 22 heavy (non-hydrogen) atoms. The van der Waals surface area contributed by atoms with E-state index in [0.29, 0.717) is 13.2 Å². The number of ether oxygens (including phenoxy) is 1. The van der Waals surface area contributed by atoms with Crippen LogP contribution in [0, 0.1) is 5.21 Å². The van der Waals surface area contributed by atoms with E-state index in [0.717, 1.165) is 0 Å². The van der Waals surface area contributed by atoms with E-state index in [1.54, 1.807) is 11.8 Å². The first-order valence-corrected chi connectivity index (χ1v) is 9.39. The molecule has 1 heterocycles. The molecular weight excluding hydrogens is 347 g/mol. The number of hydrogen-bond donors (Lipinski definition) is 1. The molecule has 3 unspecified atom stereocenters. The second-order valence-corrected chi connectivity index (χ2v) is 8.88. The number of carbonyl (C=O) groups excluding carboxylic acids is 1. The van der Waals surface area contributed by atoms with Crippen molar-refractivity contribution in [2.45, 2.75) is 44.2 Å². The maximum atomic E-state index is 12.3. The number of rotatable bonds is 4. The zero-order valence-corrected chi connectivity index (χ0v) is 15.2. The van der Waals surface area contributed by atoms with Crippen LogP contribution in [0.5, 0.6) is 0 Å². The van der Waals surface area contributed by atoms with Gasteiger partial charge in [0.25, 0.3) is 0 Å². The van der Waals surface area contributed by atoms with Crippen LogP contribution in [0.3, 0.4) is 0 Å². The van der Waals surface area contributed by atoms with Gasteiger partial charge in [0, 0.05) is 0 Å². The van der Waals surface area contributed by atoms with Gasteiger partial charge in [0.1, 0.15) is 0 Å². The fourth-order valence-corrected chi connectivity index (χ4v) is 5.14. The van der Waals surface area contributed by atoms with Crippen LogP contribution in [0.1, 0.15) is 27.7 Å². The van der Waals surface area contributed by atoms with Gasteiger partial charge < -0.3 is 0 Å². The van der Waals surface area contributed by atoms with Crippen LogP contribution < -0.4 is 9.53 Å². The molecular formula is C16H24N2O3Se. The Labute approximate surface area is 138 Å². The molecule has 0 aromatic heterocycles. The molecule has 3 atom stereocenters. The minimum atomic E-state index is -0.358. The SMILES string of the molecule is CCOC(=O)N(C1C[NH+]([O-])C1[Se]c1ccccc1)C(C)(C)C. The van der Waals surface area contributed by atoms with E-state index in [1.807, 2.05) is 39.0 Å². The number of carbonyl (C=O) groups is 1. The molecule has 6 heteroatoms. The molecule has 0 bridgehead atoms. The first kappa shape index (κ1) is 17.3. The summed E-state index contributed by atoms with van der Waals surface area (Å²) in [6.45, 7) is 8.55. The third-order valence-corrected chi connectivity index (χ3v) is 6.49. The van der Waals surface area contributed by atoms with Gasteiger partial charge in [-0.3, -0.25) is 0 Å². The summed E-state index contributed by atoms with van der Waals surface area (Å²) in [5.74, 6) is 0. The van der Waals surface area contributed by atoms with Crippen molar-refractivity contribution in [3.8, 4) is 0 Å². The third-order valence-electron chi connectivity index (χ3n) is 3.60. The van der Waals surface area contributed by atoms with Crippen molar-refractivity contribution in [3.05, 3.63) is 35.5 Å². The molecule has 122 valence electrons. The molecule has 1 fully saturated rings. The fraction of sp³-hybridized carbons (Fsp3) is 0.562. The number of amides is 1. The Morgan fingerprint density at radius 1 is 1.41 bits per heavy atom. The van der Waals surface area contributed by atoms with Crippen molar-refractivity contribution in [1.29, 1.82) is 0 Å². The summed E-state index contributed by atoms with van der Waals surface area (Å²) in [6.07, 6.45) is -0.318. The first-order valence-electron chi connectivity index (χ1n) is 7.55. The van der Waals surface area contributed by atoms with Crippen molar-refractivity contribution in [2.75, 3.05) is 13.2 Å². The van der Waals surface area contributed by atoms with Gasteiger partial charge in [-0.15, -0.1) is 0 Å². The van der Waals surface area contributed by atoms with Crippen LogP contribution in [0.25, 0.3) is 0 Å². The Kier molecular flexibility index (Phi) is 5.50. The van der Waals surface area contributed by atoms with E-state index >= 15 is 0 Å². The standard InChI is InChI=1S/C16H24N2O3Se/c1-5-21-15(19)18(16(2,3)4)13-11-17(20)14(13)22-12-9-7-6-8-10-12/h6-10,13-14,17H,5,11H2,1-4H3. The van der Waals surface area contributed by atoms with E-state index in [9.17, 15) is 10.0 Å². The molecule has 1 saturated heterocycles. The molecule has 1 aliphatic rings. The molecule has 0 saturated carbocycles. The molecule has 1 aromatic rings. The Morgan fingerprint density at radius 2 is 2.05 bits per heavy atom. The van der Waals surface area contributed by atoms with Gasteiger partial charge >= 0.3 is 138 Å². The molecule has 0 radical (unpaired) electrons. The van der Waals surface area contributed by atoms with Gasteiger partial charge in [0.15, 0.2) is 0 Å². The number of quaternary nitrogens is 1. The summed E-state index contributed by atoms with van der Waals surface area (Å²) in [7, 11) is 0. The summed E-state index contributed by atoms with van der Waals surface area (Å²) < 4.78 is 6.39. The van der Waals surface area contributed by atoms with Crippen LogP contribution in [-0.2, 0) is 4.74 Å². The monoisotopic (exact) mass is 372 g/mol. The van der Waals surface area contributed by atoms with Crippen molar-refractivity contribution < 1.29 is 14.6 Å². The molecule has 5 nitrogen and oxygen atoms in total. The number of benzene rings is 1. The quantitative estimate of drug-likeness (QED) is 0.615. The molecule has 1 amide bonds. The van der Waals surface area contributed by atoms with E-state index < -0.39 is 0 Å². The van der Waals surface area contributed by atoms with Crippen molar-refractivity contribution in [2.24, 2.45) is 0 Å². The number of nitrogens with one attached hydrogen (secondary N) is 1. The van der Waals surface area contributed by atoms with Crippen LogP contribution in [-0.4, -0.2) is 55.6 Å². The van der Waals surface area contributed by atoms with Gasteiger partial charge in [-0.25, -0.2) is 0 Å². The second kappa shape index (κ2) is 7.00. The summed E-state index contributed by atoms with van der Waals surface area (Å²) in [5.41, 5.74) is -0.358. The van der Waals surface area contributed by atoms with Crippen LogP contribution in [0.2, 0.25) is 0 Å². The average molecular weight is 371 g/mol. The van der Waals surface area contributed by atoms with Gasteiger partial charge in [-0.2, -0.15) is 0 Å². The van der Waals surface area contributed by atoms with E-state index in [2.05, 4.69) is 12.1 Å². The zero-order chi connectivity index (χ0) is 16.3. The Bertz CT molecular complexity index is 504. The summed E-state index contributed by atoms with van der Waals surface area (Å²) >= 11 is 0.0389. The normalized spacial score (nSPS) is 24.5. The predicted octanol–water partition coefficient (Wildman–Crippen LogP) is 0.364. The number of hydroxylamine groups is 2. The van der Waals surface area contributed by atoms with Gasteiger partial charge in [0.05, 0.1) is 0 Å². The molecule has 2 rings (SSSR count). The Morgan fingerprint density at radius 3 is 2.55 bits per heavy atom. The van der Waals surface area contributed by atoms with E-state index in [1.165, 1.54) is 4.46 Å². The third kappa shape index (κ3) is 3.82. The molecule has 1 aromatic carbocycles. The second-order valence-electron chi connectivity index (χ2n) is 6.33. The van der Waals surface area contributed by atoms with E-state index in [4.69, 9.17) is 4.74 Å². The van der Waals surface area contributed by atoms with Crippen LogP contribution >= 0.6 is 0 Å². The molecule has 1 aliphatic heterocycles. The molecule has 0 spiro atoms. The van der Waals surface area contributed by atoms with Crippen molar-refractivity contribution >= 4 is 25.5 Å². The fourth-order valence-electron chi connectivity index (χ4n) is 2.60. The zero-order valence-electron chi connectivity index (χ0n) is 13.5. The Balaban J connectivity index is 2.15. The van der Waals surface area contributed by atoms with Gasteiger partial charge in [-0.1, -0.05) is 0 Å². The molecule has 0 aliphatic carbocycles. The van der Waals surface area contributed by atoms with Crippen molar-refractivity contribution in [3.63, 3.8) is 0 Å². The summed E-state index contributed by atoms with van der Waals surface area (Å²) in [4.78, 5) is 14.0. The van der Waals surface area contributed by atoms with Crippen LogP contribution in [0.15, 0.2) is 30.3 Å². The number of hydrogen-bond acceptors (Lipinski definition) is 3. The van der Waals surface area contributed by atoms with E-state index in [-0.39, 0.29) is 42.6 Å². The van der Waals surface area contributed by atoms with Crippen LogP contribution in [0.4, 0.5) is 4.79 Å². The summed E-state index contributed by atoms with van der Waals surface area (Å²) in [5, 5.41) is 12.4. The minimum absolute atomic E-state index is 0.0389. The summed E-state index contributed by atoms with van der Waals surface area (Å²) in [6, 6.07) is 10.00. The maximum absolute atomic E-state index is 12.3.